The monoisotopic (exact) mass is 253 g/mol. The topological polar surface area (TPSA) is 59.4 Å². The largest absolute Gasteiger partial charge is 0.262 e. The number of hydrogen-bond donors (Lipinski definition) is 1. The zero-order chi connectivity index (χ0) is 13.2. The van der Waals surface area contributed by atoms with Crippen LogP contribution in [-0.2, 0) is 6.54 Å². The number of aryl methyl sites for hydroxylation is 2. The maximum Gasteiger partial charge on any atom is 0.181 e. The standard InChI is InChI=1S/C14H15N5/c1-3-19-12(9-10(2)18-19)14-15-13(16-17-14)11-7-5-4-6-8-11/h4-9H,3H2,1-2H3,(H,15,16,17). The number of aromatic amines is 1. The minimum absolute atomic E-state index is 0.706. The molecule has 1 N–H and O–H groups in total. The van der Waals surface area contributed by atoms with Crippen LogP contribution in [0.4, 0.5) is 0 Å². The minimum Gasteiger partial charge on any atom is -0.262 e. The maximum absolute atomic E-state index is 4.55. The number of rotatable bonds is 3. The van der Waals surface area contributed by atoms with Crippen molar-refractivity contribution in [2.45, 2.75) is 20.4 Å². The highest BCUT2D eigenvalue weighted by atomic mass is 15.3. The van der Waals surface area contributed by atoms with Gasteiger partial charge >= 0.3 is 0 Å². The number of benzene rings is 1. The van der Waals surface area contributed by atoms with Gasteiger partial charge in [0.1, 0.15) is 5.69 Å². The Bertz CT molecular complexity index is 681. The Labute approximate surface area is 111 Å². The molecule has 0 saturated carbocycles. The summed E-state index contributed by atoms with van der Waals surface area (Å²) in [4.78, 5) is 4.55. The number of nitrogens with one attached hydrogen (secondary N) is 1. The zero-order valence-corrected chi connectivity index (χ0v) is 11.0. The first kappa shape index (κ1) is 11.6. The van der Waals surface area contributed by atoms with Crippen molar-refractivity contribution in [3.05, 3.63) is 42.1 Å². The molecule has 1 aromatic carbocycles. The lowest BCUT2D eigenvalue weighted by Gasteiger charge is -1.99. The Morgan fingerprint density at radius 2 is 2.00 bits per heavy atom. The van der Waals surface area contributed by atoms with Crippen LogP contribution in [-0.4, -0.2) is 25.0 Å². The van der Waals surface area contributed by atoms with E-state index in [0.717, 1.165) is 29.3 Å². The van der Waals surface area contributed by atoms with Gasteiger partial charge in [-0.2, -0.15) is 10.2 Å². The molecule has 0 saturated heterocycles. The molecule has 0 fully saturated rings. The smallest absolute Gasteiger partial charge is 0.181 e. The van der Waals surface area contributed by atoms with Gasteiger partial charge < -0.3 is 0 Å². The fraction of sp³-hybridized carbons (Fsp3) is 0.214. The molecule has 0 aliphatic rings. The van der Waals surface area contributed by atoms with Gasteiger partial charge in [-0.25, -0.2) is 4.98 Å². The van der Waals surface area contributed by atoms with Crippen LogP contribution in [0.3, 0.4) is 0 Å². The van der Waals surface area contributed by atoms with Crippen LogP contribution >= 0.6 is 0 Å². The molecule has 0 unspecified atom stereocenters. The number of hydrogen-bond acceptors (Lipinski definition) is 3. The maximum atomic E-state index is 4.55. The molecule has 96 valence electrons. The fourth-order valence-corrected chi connectivity index (χ4v) is 2.07. The summed E-state index contributed by atoms with van der Waals surface area (Å²) >= 11 is 0. The van der Waals surface area contributed by atoms with E-state index in [-0.39, 0.29) is 0 Å². The molecule has 5 heteroatoms. The first-order chi connectivity index (χ1) is 9.28. The molecule has 0 bridgehead atoms. The van der Waals surface area contributed by atoms with Crippen LogP contribution in [0.2, 0.25) is 0 Å². The fourth-order valence-electron chi connectivity index (χ4n) is 2.07. The summed E-state index contributed by atoms with van der Waals surface area (Å²) in [6, 6.07) is 11.9. The molecule has 0 aliphatic heterocycles. The number of nitrogens with zero attached hydrogens (tertiary/aromatic N) is 4. The van der Waals surface area contributed by atoms with E-state index in [1.54, 1.807) is 0 Å². The Balaban J connectivity index is 2.01. The van der Waals surface area contributed by atoms with Crippen LogP contribution in [0.1, 0.15) is 12.6 Å². The van der Waals surface area contributed by atoms with Gasteiger partial charge in [0.15, 0.2) is 11.6 Å². The molecule has 0 spiro atoms. The first-order valence-corrected chi connectivity index (χ1v) is 6.30. The van der Waals surface area contributed by atoms with E-state index in [1.165, 1.54) is 0 Å². The molecule has 3 rings (SSSR count). The summed E-state index contributed by atoms with van der Waals surface area (Å²) < 4.78 is 1.92. The van der Waals surface area contributed by atoms with Crippen LogP contribution in [0.15, 0.2) is 36.4 Å². The Kier molecular flexibility index (Phi) is 2.87. The molecular weight excluding hydrogens is 238 g/mol. The van der Waals surface area contributed by atoms with E-state index in [9.17, 15) is 0 Å². The highest BCUT2D eigenvalue weighted by Gasteiger charge is 2.12. The van der Waals surface area contributed by atoms with Gasteiger partial charge in [0.05, 0.1) is 5.69 Å². The highest BCUT2D eigenvalue weighted by Crippen LogP contribution is 2.20. The molecule has 0 amide bonds. The van der Waals surface area contributed by atoms with E-state index in [1.807, 2.05) is 48.0 Å². The van der Waals surface area contributed by atoms with E-state index in [0.29, 0.717) is 5.82 Å². The summed E-state index contributed by atoms with van der Waals surface area (Å²) in [6.07, 6.45) is 0. The molecule has 2 aromatic heterocycles. The molecule has 0 atom stereocenters. The summed E-state index contributed by atoms with van der Waals surface area (Å²) in [5.41, 5.74) is 2.95. The number of H-pyrrole nitrogens is 1. The van der Waals surface area contributed by atoms with E-state index >= 15 is 0 Å². The minimum atomic E-state index is 0.706. The Morgan fingerprint density at radius 3 is 2.74 bits per heavy atom. The second kappa shape index (κ2) is 4.68. The first-order valence-electron chi connectivity index (χ1n) is 6.30. The SMILES string of the molecule is CCn1nc(C)cc1-c1nc(-c2ccccc2)n[nH]1. The molecule has 0 aliphatic carbocycles. The highest BCUT2D eigenvalue weighted by molar-refractivity contribution is 5.59. The quantitative estimate of drug-likeness (QED) is 0.780. The summed E-state index contributed by atoms with van der Waals surface area (Å²) in [5, 5.41) is 11.7. The van der Waals surface area contributed by atoms with E-state index in [4.69, 9.17) is 0 Å². The Morgan fingerprint density at radius 1 is 1.21 bits per heavy atom. The van der Waals surface area contributed by atoms with Crippen molar-refractivity contribution < 1.29 is 0 Å². The third kappa shape index (κ3) is 2.14. The van der Waals surface area contributed by atoms with Gasteiger partial charge in [-0.05, 0) is 19.9 Å². The van der Waals surface area contributed by atoms with Crippen molar-refractivity contribution in [2.24, 2.45) is 0 Å². The predicted octanol–water partition coefficient (Wildman–Crippen LogP) is 2.66. The normalized spacial score (nSPS) is 10.8. The van der Waals surface area contributed by atoms with Gasteiger partial charge in [0.2, 0.25) is 0 Å². The second-order valence-corrected chi connectivity index (χ2v) is 4.36. The van der Waals surface area contributed by atoms with Crippen molar-refractivity contribution in [2.75, 3.05) is 0 Å². The van der Waals surface area contributed by atoms with Crippen LogP contribution in [0.25, 0.3) is 22.9 Å². The van der Waals surface area contributed by atoms with Gasteiger partial charge in [-0.15, -0.1) is 0 Å². The molecule has 19 heavy (non-hydrogen) atoms. The lowest BCUT2D eigenvalue weighted by atomic mass is 10.2. The average molecular weight is 253 g/mol. The molecule has 3 aromatic rings. The molecule has 0 radical (unpaired) electrons. The Hall–Kier alpha value is -2.43. The average Bonchev–Trinajstić information content (AvgIpc) is 3.05. The zero-order valence-electron chi connectivity index (χ0n) is 11.0. The lowest BCUT2D eigenvalue weighted by Crippen LogP contribution is -2.00. The number of aromatic nitrogens is 5. The second-order valence-electron chi connectivity index (χ2n) is 4.36. The van der Waals surface area contributed by atoms with Crippen LogP contribution in [0, 0.1) is 6.92 Å². The van der Waals surface area contributed by atoms with Crippen molar-refractivity contribution in [3.8, 4) is 22.9 Å². The van der Waals surface area contributed by atoms with E-state index in [2.05, 4.69) is 27.2 Å². The summed E-state index contributed by atoms with van der Waals surface area (Å²) in [6.45, 7) is 4.85. The van der Waals surface area contributed by atoms with Gasteiger partial charge in [0, 0.05) is 12.1 Å². The molecule has 5 nitrogen and oxygen atoms in total. The van der Waals surface area contributed by atoms with Crippen molar-refractivity contribution >= 4 is 0 Å². The van der Waals surface area contributed by atoms with Crippen LogP contribution < -0.4 is 0 Å². The van der Waals surface area contributed by atoms with Crippen molar-refractivity contribution in [1.29, 1.82) is 0 Å². The molecule has 2 heterocycles. The van der Waals surface area contributed by atoms with Crippen molar-refractivity contribution in [1.82, 2.24) is 25.0 Å². The van der Waals surface area contributed by atoms with Crippen LogP contribution in [0.5, 0.6) is 0 Å². The third-order valence-electron chi connectivity index (χ3n) is 2.96. The van der Waals surface area contributed by atoms with Crippen molar-refractivity contribution in [3.63, 3.8) is 0 Å². The summed E-state index contributed by atoms with van der Waals surface area (Å²) in [7, 11) is 0. The predicted molar refractivity (Wildman–Crippen MR) is 73.5 cm³/mol. The van der Waals surface area contributed by atoms with Gasteiger partial charge in [-0.1, -0.05) is 30.3 Å². The lowest BCUT2D eigenvalue weighted by molar-refractivity contribution is 0.657. The van der Waals surface area contributed by atoms with Gasteiger partial charge in [0.25, 0.3) is 0 Å². The third-order valence-corrected chi connectivity index (χ3v) is 2.96. The van der Waals surface area contributed by atoms with E-state index < -0.39 is 0 Å². The summed E-state index contributed by atoms with van der Waals surface area (Å²) in [5.74, 6) is 1.46. The van der Waals surface area contributed by atoms with Gasteiger partial charge in [-0.3, -0.25) is 9.78 Å². The molecular formula is C14H15N5.